The van der Waals surface area contributed by atoms with Gasteiger partial charge in [-0.2, -0.15) is 0 Å². The van der Waals surface area contributed by atoms with Crippen molar-refractivity contribution in [3.63, 3.8) is 0 Å². The number of hydrogen-bond donors (Lipinski definition) is 3. The van der Waals surface area contributed by atoms with Crippen molar-refractivity contribution in [2.45, 2.75) is 20.8 Å². The van der Waals surface area contributed by atoms with Crippen LogP contribution in [0.2, 0.25) is 0 Å². The quantitative estimate of drug-likeness (QED) is 0.319. The van der Waals surface area contributed by atoms with E-state index in [0.717, 1.165) is 0 Å². The number of carbonyl (C=O) groups excluding carboxylic acids is 1. The van der Waals surface area contributed by atoms with Crippen LogP contribution in [0, 0.1) is 5.41 Å². The highest BCUT2D eigenvalue weighted by Crippen LogP contribution is 2.19. The predicted molar refractivity (Wildman–Crippen MR) is 77.1 cm³/mol. The summed E-state index contributed by atoms with van der Waals surface area (Å²) >= 11 is 0. The number of para-hydroxylation sites is 1. The lowest BCUT2D eigenvalue weighted by molar-refractivity contribution is 0.0940. The third-order valence-corrected chi connectivity index (χ3v) is 2.92. The standard InChI is InChI=1S/C14H21N3O3/c1-4-20-11-8-6-5-7-10(11)12(18)16-9-14(2,3)13(15)17-19/h5-8,19H,4,9H2,1-3H3,(H2,15,17)(H,16,18). The first kappa shape index (κ1) is 15.8. The van der Waals surface area contributed by atoms with Gasteiger partial charge in [0, 0.05) is 12.0 Å². The summed E-state index contributed by atoms with van der Waals surface area (Å²) in [4.78, 5) is 12.2. The van der Waals surface area contributed by atoms with Gasteiger partial charge in [-0.1, -0.05) is 31.1 Å². The van der Waals surface area contributed by atoms with Crippen molar-refractivity contribution in [2.24, 2.45) is 16.3 Å². The molecular weight excluding hydrogens is 258 g/mol. The maximum atomic E-state index is 12.2. The number of nitrogens with one attached hydrogen (secondary N) is 1. The molecule has 1 rings (SSSR count). The van der Waals surface area contributed by atoms with Crippen LogP contribution in [-0.2, 0) is 0 Å². The van der Waals surface area contributed by atoms with Gasteiger partial charge in [0.25, 0.3) is 5.91 Å². The van der Waals surface area contributed by atoms with E-state index in [-0.39, 0.29) is 18.3 Å². The van der Waals surface area contributed by atoms with Crippen molar-refractivity contribution in [1.29, 1.82) is 0 Å². The van der Waals surface area contributed by atoms with Gasteiger partial charge in [0.1, 0.15) is 11.6 Å². The number of hydrogen-bond acceptors (Lipinski definition) is 4. The lowest BCUT2D eigenvalue weighted by Crippen LogP contribution is -2.42. The lowest BCUT2D eigenvalue weighted by Gasteiger charge is -2.23. The van der Waals surface area contributed by atoms with Crippen LogP contribution in [0.15, 0.2) is 29.4 Å². The van der Waals surface area contributed by atoms with E-state index in [2.05, 4.69) is 10.5 Å². The maximum absolute atomic E-state index is 12.2. The van der Waals surface area contributed by atoms with Crippen LogP contribution in [-0.4, -0.2) is 30.1 Å². The van der Waals surface area contributed by atoms with Crippen molar-refractivity contribution < 1.29 is 14.7 Å². The molecule has 0 aromatic heterocycles. The normalized spacial score (nSPS) is 12.1. The second-order valence-corrected chi connectivity index (χ2v) is 4.98. The average Bonchev–Trinajstić information content (AvgIpc) is 2.45. The summed E-state index contributed by atoms with van der Waals surface area (Å²) < 4.78 is 5.41. The summed E-state index contributed by atoms with van der Waals surface area (Å²) in [6, 6.07) is 7.01. The van der Waals surface area contributed by atoms with Crippen molar-refractivity contribution >= 4 is 11.7 Å². The largest absolute Gasteiger partial charge is 0.493 e. The zero-order chi connectivity index (χ0) is 15.2. The molecule has 1 aromatic rings. The summed E-state index contributed by atoms with van der Waals surface area (Å²) in [5.41, 5.74) is 5.41. The summed E-state index contributed by atoms with van der Waals surface area (Å²) in [5, 5.41) is 14.4. The van der Waals surface area contributed by atoms with Crippen molar-refractivity contribution in [2.75, 3.05) is 13.2 Å². The third kappa shape index (κ3) is 3.88. The zero-order valence-corrected chi connectivity index (χ0v) is 12.0. The second kappa shape index (κ2) is 6.79. The molecule has 4 N–H and O–H groups in total. The first-order valence-electron chi connectivity index (χ1n) is 6.40. The van der Waals surface area contributed by atoms with Crippen LogP contribution in [0.5, 0.6) is 5.75 Å². The summed E-state index contributed by atoms with van der Waals surface area (Å²) in [6.45, 7) is 6.14. The number of carbonyl (C=O) groups is 1. The van der Waals surface area contributed by atoms with Gasteiger partial charge in [-0.15, -0.1) is 0 Å². The zero-order valence-electron chi connectivity index (χ0n) is 12.0. The molecule has 0 saturated heterocycles. The van der Waals surface area contributed by atoms with E-state index in [4.69, 9.17) is 15.7 Å². The molecule has 0 spiro atoms. The Kier molecular flexibility index (Phi) is 5.37. The van der Waals surface area contributed by atoms with Gasteiger partial charge in [0.05, 0.1) is 12.2 Å². The van der Waals surface area contributed by atoms with Gasteiger partial charge in [0.15, 0.2) is 0 Å². The Labute approximate surface area is 118 Å². The van der Waals surface area contributed by atoms with E-state index in [0.29, 0.717) is 17.9 Å². The summed E-state index contributed by atoms with van der Waals surface area (Å²) in [5.74, 6) is 0.345. The molecule has 0 fully saturated rings. The highest BCUT2D eigenvalue weighted by Gasteiger charge is 2.25. The molecule has 0 radical (unpaired) electrons. The Morgan fingerprint density at radius 2 is 2.10 bits per heavy atom. The van der Waals surface area contributed by atoms with Gasteiger partial charge < -0.3 is 21.0 Å². The molecule has 0 atom stereocenters. The molecule has 0 bridgehead atoms. The van der Waals surface area contributed by atoms with E-state index in [1.165, 1.54) is 0 Å². The van der Waals surface area contributed by atoms with Gasteiger partial charge in [0.2, 0.25) is 0 Å². The molecule has 110 valence electrons. The van der Waals surface area contributed by atoms with Crippen LogP contribution in [0.25, 0.3) is 0 Å². The molecule has 6 nitrogen and oxygen atoms in total. The minimum atomic E-state index is -0.634. The molecule has 0 aliphatic carbocycles. The van der Waals surface area contributed by atoms with Crippen molar-refractivity contribution in [3.05, 3.63) is 29.8 Å². The van der Waals surface area contributed by atoms with E-state index in [1.54, 1.807) is 32.0 Å². The summed E-state index contributed by atoms with van der Waals surface area (Å²) in [6.07, 6.45) is 0. The fraction of sp³-hybridized carbons (Fsp3) is 0.429. The molecule has 0 aliphatic rings. The number of rotatable bonds is 6. The van der Waals surface area contributed by atoms with Crippen LogP contribution in [0.3, 0.4) is 0 Å². The van der Waals surface area contributed by atoms with Gasteiger partial charge in [-0.3, -0.25) is 4.79 Å². The van der Waals surface area contributed by atoms with Crippen LogP contribution in [0.1, 0.15) is 31.1 Å². The Balaban J connectivity index is 2.78. The smallest absolute Gasteiger partial charge is 0.255 e. The molecule has 1 amide bonds. The van der Waals surface area contributed by atoms with Crippen LogP contribution >= 0.6 is 0 Å². The maximum Gasteiger partial charge on any atom is 0.255 e. The summed E-state index contributed by atoms with van der Waals surface area (Å²) in [7, 11) is 0. The minimum absolute atomic E-state index is 0.0656. The Morgan fingerprint density at radius 1 is 1.45 bits per heavy atom. The van der Waals surface area contributed by atoms with Crippen LogP contribution < -0.4 is 15.8 Å². The number of benzene rings is 1. The van der Waals surface area contributed by atoms with E-state index in [9.17, 15) is 4.79 Å². The van der Waals surface area contributed by atoms with Gasteiger partial charge in [-0.05, 0) is 19.1 Å². The van der Waals surface area contributed by atoms with Crippen molar-refractivity contribution in [3.8, 4) is 5.75 Å². The first-order chi connectivity index (χ1) is 9.42. The lowest BCUT2D eigenvalue weighted by atomic mass is 9.92. The number of oxime groups is 1. The van der Waals surface area contributed by atoms with E-state index >= 15 is 0 Å². The molecule has 20 heavy (non-hydrogen) atoms. The topological polar surface area (TPSA) is 96.9 Å². The van der Waals surface area contributed by atoms with E-state index < -0.39 is 5.41 Å². The Hall–Kier alpha value is -2.24. The third-order valence-electron chi connectivity index (χ3n) is 2.92. The number of amides is 1. The van der Waals surface area contributed by atoms with Crippen molar-refractivity contribution in [1.82, 2.24) is 5.32 Å². The molecule has 0 unspecified atom stereocenters. The predicted octanol–water partition coefficient (Wildman–Crippen LogP) is 1.59. The number of nitrogens with zero attached hydrogens (tertiary/aromatic N) is 1. The Bertz CT molecular complexity index is 498. The van der Waals surface area contributed by atoms with Gasteiger partial charge >= 0.3 is 0 Å². The minimum Gasteiger partial charge on any atom is -0.493 e. The fourth-order valence-corrected chi connectivity index (χ4v) is 1.56. The molecular formula is C14H21N3O3. The average molecular weight is 279 g/mol. The molecule has 0 heterocycles. The highest BCUT2D eigenvalue weighted by atomic mass is 16.5. The highest BCUT2D eigenvalue weighted by molar-refractivity contribution is 5.97. The monoisotopic (exact) mass is 279 g/mol. The molecule has 0 aliphatic heterocycles. The van der Waals surface area contributed by atoms with Gasteiger partial charge in [-0.25, -0.2) is 0 Å². The second-order valence-electron chi connectivity index (χ2n) is 4.98. The van der Waals surface area contributed by atoms with Crippen LogP contribution in [0.4, 0.5) is 0 Å². The Morgan fingerprint density at radius 3 is 2.70 bits per heavy atom. The fourth-order valence-electron chi connectivity index (χ4n) is 1.56. The SMILES string of the molecule is CCOc1ccccc1C(=O)NCC(C)(C)/C(N)=N/O. The first-order valence-corrected chi connectivity index (χ1v) is 6.40. The number of amidine groups is 1. The molecule has 0 saturated carbocycles. The number of nitrogens with two attached hydrogens (primary N) is 1. The molecule has 6 heteroatoms. The number of ether oxygens (including phenoxy) is 1. The van der Waals surface area contributed by atoms with E-state index in [1.807, 2.05) is 13.0 Å². The molecule has 1 aromatic carbocycles.